The Labute approximate surface area is 138 Å². The molecule has 1 amide bonds. The SMILES string of the molecule is CCN(CC)C(=O)c1c(-c2ccc(C)cc2)ccc2c1C=CC2. The number of fused-ring (bicyclic) bond motifs is 1. The second kappa shape index (κ2) is 6.41. The maximum absolute atomic E-state index is 13.1. The molecule has 1 aliphatic carbocycles. The van der Waals surface area contributed by atoms with Gasteiger partial charge in [-0.2, -0.15) is 0 Å². The Balaban J connectivity index is 2.18. The van der Waals surface area contributed by atoms with Crippen molar-refractivity contribution in [3.63, 3.8) is 0 Å². The molecule has 0 saturated heterocycles. The molecule has 0 bridgehead atoms. The summed E-state index contributed by atoms with van der Waals surface area (Å²) in [5.74, 6) is 0.133. The topological polar surface area (TPSA) is 20.3 Å². The summed E-state index contributed by atoms with van der Waals surface area (Å²) < 4.78 is 0. The van der Waals surface area contributed by atoms with Crippen LogP contribution in [0.15, 0.2) is 42.5 Å². The molecule has 0 fully saturated rings. The van der Waals surface area contributed by atoms with Crippen LogP contribution in [0, 0.1) is 6.92 Å². The van der Waals surface area contributed by atoms with E-state index in [-0.39, 0.29) is 5.91 Å². The molecule has 0 unspecified atom stereocenters. The van der Waals surface area contributed by atoms with E-state index in [2.05, 4.69) is 55.5 Å². The van der Waals surface area contributed by atoms with Crippen molar-refractivity contribution in [1.82, 2.24) is 4.90 Å². The summed E-state index contributed by atoms with van der Waals surface area (Å²) in [4.78, 5) is 15.0. The maximum atomic E-state index is 13.1. The summed E-state index contributed by atoms with van der Waals surface area (Å²) in [5, 5.41) is 0. The van der Waals surface area contributed by atoms with Gasteiger partial charge in [-0.25, -0.2) is 0 Å². The van der Waals surface area contributed by atoms with Gasteiger partial charge in [0, 0.05) is 13.1 Å². The lowest BCUT2D eigenvalue weighted by atomic mass is 9.92. The van der Waals surface area contributed by atoms with Gasteiger partial charge in [0.25, 0.3) is 5.91 Å². The Hall–Kier alpha value is -2.35. The summed E-state index contributed by atoms with van der Waals surface area (Å²) in [6, 6.07) is 12.7. The number of amides is 1. The van der Waals surface area contributed by atoms with E-state index in [1.54, 1.807) is 0 Å². The van der Waals surface area contributed by atoms with Crippen LogP contribution >= 0.6 is 0 Å². The van der Waals surface area contributed by atoms with Crippen molar-refractivity contribution in [2.75, 3.05) is 13.1 Å². The van der Waals surface area contributed by atoms with Crippen LogP contribution in [0.5, 0.6) is 0 Å². The first-order valence-electron chi connectivity index (χ1n) is 8.34. The first kappa shape index (κ1) is 15.5. The van der Waals surface area contributed by atoms with Crippen molar-refractivity contribution in [3.8, 4) is 11.1 Å². The molecule has 118 valence electrons. The van der Waals surface area contributed by atoms with Crippen LogP contribution in [0.1, 0.15) is 40.9 Å². The van der Waals surface area contributed by atoms with E-state index in [9.17, 15) is 4.79 Å². The molecular weight excluding hydrogens is 282 g/mol. The first-order valence-corrected chi connectivity index (χ1v) is 8.34. The van der Waals surface area contributed by atoms with Crippen molar-refractivity contribution >= 4 is 12.0 Å². The number of allylic oxidation sites excluding steroid dienone is 1. The molecule has 2 nitrogen and oxygen atoms in total. The molecule has 0 heterocycles. The lowest BCUT2D eigenvalue weighted by molar-refractivity contribution is 0.0773. The highest BCUT2D eigenvalue weighted by molar-refractivity contribution is 6.05. The number of rotatable bonds is 4. The monoisotopic (exact) mass is 305 g/mol. The molecular formula is C21H23NO. The Morgan fingerprint density at radius 2 is 1.74 bits per heavy atom. The van der Waals surface area contributed by atoms with E-state index in [1.807, 2.05) is 18.7 Å². The van der Waals surface area contributed by atoms with Crippen molar-refractivity contribution < 1.29 is 4.79 Å². The number of aryl methyl sites for hydroxylation is 1. The summed E-state index contributed by atoms with van der Waals surface area (Å²) >= 11 is 0. The lowest BCUT2D eigenvalue weighted by Crippen LogP contribution is -2.31. The molecule has 2 aromatic carbocycles. The number of nitrogens with zero attached hydrogens (tertiary/aromatic N) is 1. The van der Waals surface area contributed by atoms with Crippen LogP contribution in [-0.2, 0) is 6.42 Å². The van der Waals surface area contributed by atoms with Crippen LogP contribution in [-0.4, -0.2) is 23.9 Å². The highest BCUT2D eigenvalue weighted by Crippen LogP contribution is 2.33. The van der Waals surface area contributed by atoms with Crippen LogP contribution in [0.25, 0.3) is 17.2 Å². The number of benzene rings is 2. The van der Waals surface area contributed by atoms with E-state index in [0.29, 0.717) is 0 Å². The van der Waals surface area contributed by atoms with Gasteiger partial charge >= 0.3 is 0 Å². The van der Waals surface area contributed by atoms with Gasteiger partial charge in [-0.1, -0.05) is 54.1 Å². The highest BCUT2D eigenvalue weighted by Gasteiger charge is 2.23. The Morgan fingerprint density at radius 3 is 2.39 bits per heavy atom. The summed E-state index contributed by atoms with van der Waals surface area (Å²) in [6.07, 6.45) is 5.16. The standard InChI is InChI=1S/C21H23NO/c1-4-22(5-2)21(23)20-18-8-6-7-16(18)13-14-19(20)17-11-9-15(3)10-12-17/h6,8-14H,4-5,7H2,1-3H3. The Morgan fingerprint density at radius 1 is 1.04 bits per heavy atom. The Bertz CT molecular complexity index is 752. The largest absolute Gasteiger partial charge is 0.339 e. The third kappa shape index (κ3) is 2.81. The van der Waals surface area contributed by atoms with Gasteiger partial charge in [-0.3, -0.25) is 4.79 Å². The molecule has 0 N–H and O–H groups in total. The fourth-order valence-corrected chi connectivity index (χ4v) is 3.21. The van der Waals surface area contributed by atoms with Crippen LogP contribution < -0.4 is 0 Å². The molecule has 0 aromatic heterocycles. The van der Waals surface area contributed by atoms with E-state index in [0.717, 1.165) is 41.8 Å². The number of carbonyl (C=O) groups excluding carboxylic acids is 1. The van der Waals surface area contributed by atoms with Crippen molar-refractivity contribution in [3.05, 3.63) is 64.7 Å². The van der Waals surface area contributed by atoms with E-state index >= 15 is 0 Å². The molecule has 0 aliphatic heterocycles. The predicted octanol–water partition coefficient (Wildman–Crippen LogP) is 4.71. The minimum absolute atomic E-state index is 0.133. The van der Waals surface area contributed by atoms with Gasteiger partial charge in [-0.15, -0.1) is 0 Å². The smallest absolute Gasteiger partial charge is 0.255 e. The number of hydrogen-bond donors (Lipinski definition) is 0. The minimum Gasteiger partial charge on any atom is -0.339 e. The summed E-state index contributed by atoms with van der Waals surface area (Å²) in [5.41, 5.74) is 6.56. The van der Waals surface area contributed by atoms with Crippen LogP contribution in [0.4, 0.5) is 0 Å². The molecule has 0 saturated carbocycles. The molecule has 0 spiro atoms. The van der Waals surface area contributed by atoms with Gasteiger partial charge in [-0.05, 0) is 49.4 Å². The van der Waals surface area contributed by atoms with Gasteiger partial charge in [0.2, 0.25) is 0 Å². The quantitative estimate of drug-likeness (QED) is 0.801. The normalized spacial score (nSPS) is 12.3. The summed E-state index contributed by atoms with van der Waals surface area (Å²) in [7, 11) is 0. The lowest BCUT2D eigenvalue weighted by Gasteiger charge is -2.22. The molecule has 0 radical (unpaired) electrons. The molecule has 23 heavy (non-hydrogen) atoms. The average molecular weight is 305 g/mol. The molecule has 0 atom stereocenters. The number of carbonyl (C=O) groups is 1. The zero-order valence-corrected chi connectivity index (χ0v) is 14.1. The van der Waals surface area contributed by atoms with Crippen LogP contribution in [0.3, 0.4) is 0 Å². The van der Waals surface area contributed by atoms with E-state index in [1.165, 1.54) is 11.1 Å². The predicted molar refractivity (Wildman–Crippen MR) is 96.6 cm³/mol. The van der Waals surface area contributed by atoms with Crippen molar-refractivity contribution in [1.29, 1.82) is 0 Å². The molecule has 1 aliphatic rings. The fourth-order valence-electron chi connectivity index (χ4n) is 3.21. The van der Waals surface area contributed by atoms with E-state index in [4.69, 9.17) is 0 Å². The highest BCUT2D eigenvalue weighted by atomic mass is 16.2. The van der Waals surface area contributed by atoms with Gasteiger partial charge in [0.15, 0.2) is 0 Å². The number of hydrogen-bond acceptors (Lipinski definition) is 1. The second-order valence-corrected chi connectivity index (χ2v) is 6.01. The molecule has 2 heteroatoms. The van der Waals surface area contributed by atoms with E-state index < -0.39 is 0 Å². The van der Waals surface area contributed by atoms with Crippen LogP contribution in [0.2, 0.25) is 0 Å². The molecule has 2 aromatic rings. The molecule has 3 rings (SSSR count). The fraction of sp³-hybridized carbons (Fsp3) is 0.286. The second-order valence-electron chi connectivity index (χ2n) is 6.01. The maximum Gasteiger partial charge on any atom is 0.255 e. The van der Waals surface area contributed by atoms with Crippen molar-refractivity contribution in [2.45, 2.75) is 27.2 Å². The summed E-state index contributed by atoms with van der Waals surface area (Å²) in [6.45, 7) is 7.61. The third-order valence-electron chi connectivity index (χ3n) is 4.59. The van der Waals surface area contributed by atoms with Gasteiger partial charge < -0.3 is 4.90 Å². The third-order valence-corrected chi connectivity index (χ3v) is 4.59. The first-order chi connectivity index (χ1) is 11.2. The minimum atomic E-state index is 0.133. The van der Waals surface area contributed by atoms with Crippen molar-refractivity contribution in [2.24, 2.45) is 0 Å². The van der Waals surface area contributed by atoms with Gasteiger partial charge in [0.1, 0.15) is 0 Å². The average Bonchev–Trinajstić information content (AvgIpc) is 3.04. The zero-order valence-electron chi connectivity index (χ0n) is 14.1. The zero-order chi connectivity index (χ0) is 16.4. The Kier molecular flexibility index (Phi) is 4.33. The van der Waals surface area contributed by atoms with Gasteiger partial charge in [0.05, 0.1) is 5.56 Å².